The number of halogens is 1. The molecule has 1 N–H and O–H groups in total. The van der Waals surface area contributed by atoms with Crippen molar-refractivity contribution in [3.63, 3.8) is 0 Å². The van der Waals surface area contributed by atoms with E-state index in [2.05, 4.69) is 5.32 Å². The van der Waals surface area contributed by atoms with E-state index in [-0.39, 0.29) is 24.2 Å². The van der Waals surface area contributed by atoms with Crippen LogP contribution in [0.25, 0.3) is 0 Å². The first-order valence-corrected chi connectivity index (χ1v) is 15.2. The summed E-state index contributed by atoms with van der Waals surface area (Å²) in [7, 11) is -2.27. The Labute approximate surface area is 231 Å². The van der Waals surface area contributed by atoms with Crippen LogP contribution >= 0.6 is 11.6 Å². The second kappa shape index (κ2) is 13.3. The molecule has 1 saturated carbocycles. The number of rotatable bonds is 11. The summed E-state index contributed by atoms with van der Waals surface area (Å²) >= 11 is 6.27. The lowest BCUT2D eigenvalue weighted by Crippen LogP contribution is -2.53. The Balaban J connectivity index is 1.94. The minimum atomic E-state index is -3.83. The fraction of sp³-hybridized carbons (Fsp3) is 0.500. The maximum absolute atomic E-state index is 13.9. The summed E-state index contributed by atoms with van der Waals surface area (Å²) in [5.74, 6) is -0.0813. The number of benzene rings is 2. The average Bonchev–Trinajstić information content (AvgIpc) is 2.88. The van der Waals surface area contributed by atoms with Crippen LogP contribution in [0.5, 0.6) is 5.75 Å². The summed E-state index contributed by atoms with van der Waals surface area (Å²) in [4.78, 5) is 28.8. The molecule has 0 heterocycles. The van der Waals surface area contributed by atoms with Crippen molar-refractivity contribution in [2.24, 2.45) is 0 Å². The molecule has 2 aromatic carbocycles. The fourth-order valence-electron chi connectivity index (χ4n) is 4.78. The van der Waals surface area contributed by atoms with E-state index in [4.69, 9.17) is 16.3 Å². The van der Waals surface area contributed by atoms with Crippen LogP contribution < -0.4 is 14.4 Å². The number of carbonyl (C=O) groups is 2. The van der Waals surface area contributed by atoms with E-state index in [1.54, 1.807) is 31.4 Å². The minimum Gasteiger partial charge on any atom is -0.497 e. The van der Waals surface area contributed by atoms with Gasteiger partial charge in [0.1, 0.15) is 18.3 Å². The molecule has 8 nitrogen and oxygen atoms in total. The van der Waals surface area contributed by atoms with Crippen molar-refractivity contribution in [1.82, 2.24) is 10.2 Å². The molecule has 0 bridgehead atoms. The zero-order valence-corrected chi connectivity index (χ0v) is 24.1. The first kappa shape index (κ1) is 29.8. The number of nitrogens with one attached hydrogen (secondary N) is 1. The van der Waals surface area contributed by atoms with Gasteiger partial charge >= 0.3 is 0 Å². The molecular weight excluding hydrogens is 526 g/mol. The lowest BCUT2D eigenvalue weighted by atomic mass is 9.95. The van der Waals surface area contributed by atoms with E-state index in [0.29, 0.717) is 17.2 Å². The van der Waals surface area contributed by atoms with Crippen molar-refractivity contribution in [1.29, 1.82) is 0 Å². The van der Waals surface area contributed by atoms with Gasteiger partial charge in [0.25, 0.3) is 0 Å². The monoisotopic (exact) mass is 563 g/mol. The highest BCUT2D eigenvalue weighted by atomic mass is 35.5. The van der Waals surface area contributed by atoms with Crippen molar-refractivity contribution in [2.75, 3.05) is 24.2 Å². The van der Waals surface area contributed by atoms with Gasteiger partial charge in [0.15, 0.2) is 0 Å². The zero-order chi connectivity index (χ0) is 27.9. The smallest absolute Gasteiger partial charge is 0.244 e. The SMILES string of the molecule is CC[C@@H](C(=O)NC1CCCCC1)N(Cc1cccc(OC)c1)C(=O)CN(c1ccc(C)c(Cl)c1)S(C)(=O)=O. The minimum absolute atomic E-state index is 0.0845. The van der Waals surface area contributed by atoms with E-state index in [9.17, 15) is 18.0 Å². The molecule has 1 fully saturated rings. The summed E-state index contributed by atoms with van der Waals surface area (Å²) in [6.45, 7) is 3.33. The molecule has 0 unspecified atom stereocenters. The summed E-state index contributed by atoms with van der Waals surface area (Å²) in [5, 5.41) is 3.53. The first-order chi connectivity index (χ1) is 18.0. The lowest BCUT2D eigenvalue weighted by molar-refractivity contribution is -0.140. The Morgan fingerprint density at radius 1 is 1.13 bits per heavy atom. The van der Waals surface area contributed by atoms with Gasteiger partial charge in [-0.25, -0.2) is 8.42 Å². The molecule has 2 amide bonds. The second-order valence-electron chi connectivity index (χ2n) is 9.84. The van der Waals surface area contributed by atoms with E-state index in [1.807, 2.05) is 26.0 Å². The third-order valence-corrected chi connectivity index (χ3v) is 8.49. The Morgan fingerprint density at radius 3 is 2.45 bits per heavy atom. The molecule has 10 heteroatoms. The molecule has 1 aliphatic rings. The number of carbonyl (C=O) groups excluding carboxylic acids is 2. The van der Waals surface area contributed by atoms with Crippen LogP contribution in [-0.4, -0.2) is 57.1 Å². The maximum Gasteiger partial charge on any atom is 0.244 e. The highest BCUT2D eigenvalue weighted by Crippen LogP contribution is 2.26. The first-order valence-electron chi connectivity index (χ1n) is 13.0. The molecule has 3 rings (SSSR count). The summed E-state index contributed by atoms with van der Waals surface area (Å²) in [5.41, 5.74) is 1.85. The molecule has 208 valence electrons. The van der Waals surface area contributed by atoms with Crippen molar-refractivity contribution >= 4 is 39.1 Å². The van der Waals surface area contributed by atoms with Crippen LogP contribution in [-0.2, 0) is 26.2 Å². The number of nitrogens with zero attached hydrogens (tertiary/aromatic N) is 2. The molecule has 2 aromatic rings. The Hall–Kier alpha value is -2.78. The third kappa shape index (κ3) is 7.86. The number of hydrogen-bond donors (Lipinski definition) is 1. The molecule has 1 atom stereocenters. The van der Waals surface area contributed by atoms with Gasteiger partial charge < -0.3 is 15.0 Å². The molecule has 0 saturated heterocycles. The molecule has 1 aliphatic carbocycles. The highest BCUT2D eigenvalue weighted by molar-refractivity contribution is 7.92. The van der Waals surface area contributed by atoms with E-state index in [1.165, 1.54) is 11.0 Å². The Morgan fingerprint density at radius 2 is 1.84 bits per heavy atom. The van der Waals surface area contributed by atoms with Gasteiger partial charge in [-0.1, -0.05) is 56.0 Å². The number of amides is 2. The van der Waals surface area contributed by atoms with Gasteiger partial charge in [-0.15, -0.1) is 0 Å². The van der Waals surface area contributed by atoms with Crippen LogP contribution in [0.4, 0.5) is 5.69 Å². The number of anilines is 1. The van der Waals surface area contributed by atoms with Crippen LogP contribution in [0, 0.1) is 6.92 Å². The topological polar surface area (TPSA) is 96.0 Å². The predicted molar refractivity (Wildman–Crippen MR) is 151 cm³/mol. The lowest BCUT2D eigenvalue weighted by Gasteiger charge is -2.34. The van der Waals surface area contributed by atoms with E-state index >= 15 is 0 Å². The van der Waals surface area contributed by atoms with E-state index in [0.717, 1.165) is 53.8 Å². The van der Waals surface area contributed by atoms with Crippen LogP contribution in [0.2, 0.25) is 5.02 Å². The van der Waals surface area contributed by atoms with Gasteiger partial charge in [0.05, 0.1) is 19.1 Å². The van der Waals surface area contributed by atoms with Crippen LogP contribution in [0.15, 0.2) is 42.5 Å². The van der Waals surface area contributed by atoms with Gasteiger partial charge in [0.2, 0.25) is 21.8 Å². The van der Waals surface area contributed by atoms with Crippen molar-refractivity contribution < 1.29 is 22.7 Å². The summed E-state index contributed by atoms with van der Waals surface area (Å²) in [6.07, 6.45) is 6.56. The number of hydrogen-bond acceptors (Lipinski definition) is 5. The largest absolute Gasteiger partial charge is 0.497 e. The molecule has 0 aromatic heterocycles. The van der Waals surface area contributed by atoms with Crippen LogP contribution in [0.3, 0.4) is 0 Å². The van der Waals surface area contributed by atoms with Gasteiger partial charge in [-0.05, 0) is 61.6 Å². The Bertz CT molecular complexity index is 1230. The summed E-state index contributed by atoms with van der Waals surface area (Å²) < 4.78 is 31.9. The fourth-order valence-corrected chi connectivity index (χ4v) is 5.80. The average molecular weight is 564 g/mol. The van der Waals surface area contributed by atoms with Crippen molar-refractivity contribution in [3.8, 4) is 5.75 Å². The molecular formula is C28H38ClN3O5S. The maximum atomic E-state index is 13.9. The molecule has 0 spiro atoms. The van der Waals surface area contributed by atoms with Crippen molar-refractivity contribution in [2.45, 2.75) is 71.0 Å². The van der Waals surface area contributed by atoms with Crippen molar-refractivity contribution in [3.05, 3.63) is 58.6 Å². The van der Waals surface area contributed by atoms with Gasteiger partial charge in [-0.3, -0.25) is 13.9 Å². The van der Waals surface area contributed by atoms with Crippen LogP contribution in [0.1, 0.15) is 56.6 Å². The third-order valence-electron chi connectivity index (χ3n) is 6.95. The number of sulfonamides is 1. The quantitative estimate of drug-likeness (QED) is 0.428. The zero-order valence-electron chi connectivity index (χ0n) is 22.6. The van der Waals surface area contributed by atoms with Gasteiger partial charge in [0, 0.05) is 17.6 Å². The number of aryl methyl sites for hydroxylation is 1. The van der Waals surface area contributed by atoms with Gasteiger partial charge in [-0.2, -0.15) is 0 Å². The Kier molecular flexibility index (Phi) is 10.4. The standard InChI is InChI=1S/C28H38ClN3O5S/c1-5-26(28(34)30-22-11-7-6-8-12-22)31(18-21-10-9-13-24(16-21)37-3)27(33)19-32(38(4,35)36)23-15-14-20(2)25(29)17-23/h9-10,13-17,22,26H,5-8,11-12,18-19H2,1-4H3,(H,30,34)/t26-/m0/s1. The molecule has 38 heavy (non-hydrogen) atoms. The highest BCUT2D eigenvalue weighted by Gasteiger charge is 2.33. The second-order valence-corrected chi connectivity index (χ2v) is 12.2. The number of ether oxygens (including phenoxy) is 1. The molecule has 0 radical (unpaired) electrons. The normalized spacial score (nSPS) is 15.0. The van der Waals surface area contributed by atoms with E-state index < -0.39 is 28.5 Å². The predicted octanol–water partition coefficient (Wildman–Crippen LogP) is 4.68. The summed E-state index contributed by atoms with van der Waals surface area (Å²) in [6, 6.07) is 11.5. The molecule has 0 aliphatic heterocycles. The number of methoxy groups -OCH3 is 1.